The maximum Gasteiger partial charge on any atom is 0.433 e. The number of hydrogen-bond donors (Lipinski definition) is 1. The van der Waals surface area contributed by atoms with E-state index in [-0.39, 0.29) is 23.9 Å². The molecule has 2 rings (SSSR count). The average molecular weight is 288 g/mol. The molecule has 106 valence electrons. The minimum absolute atomic E-state index is 0.0118. The molecule has 0 aliphatic carbocycles. The van der Waals surface area contributed by atoms with Crippen LogP contribution in [0.2, 0.25) is 0 Å². The lowest BCUT2D eigenvalue weighted by Gasteiger charge is -2.06. The van der Waals surface area contributed by atoms with Gasteiger partial charge >= 0.3 is 12.1 Å². The van der Waals surface area contributed by atoms with Gasteiger partial charge in [-0.25, -0.2) is 14.8 Å². The van der Waals surface area contributed by atoms with Crippen molar-refractivity contribution in [2.45, 2.75) is 12.8 Å². The van der Waals surface area contributed by atoms with Gasteiger partial charge in [-0.15, -0.1) is 0 Å². The summed E-state index contributed by atoms with van der Waals surface area (Å²) in [6.07, 6.45) is -2.67. The number of ether oxygens (including phenoxy) is 1. The molecule has 6 nitrogen and oxygen atoms in total. The Balaban J connectivity index is 1.98. The minimum Gasteiger partial charge on any atom is -0.482 e. The van der Waals surface area contributed by atoms with Gasteiger partial charge in [0.15, 0.2) is 12.3 Å². The van der Waals surface area contributed by atoms with Crippen molar-refractivity contribution in [2.24, 2.45) is 0 Å². The van der Waals surface area contributed by atoms with Crippen molar-refractivity contribution in [2.75, 3.05) is 0 Å². The van der Waals surface area contributed by atoms with Crippen LogP contribution in [0, 0.1) is 0 Å². The van der Waals surface area contributed by atoms with Crippen LogP contribution in [0.5, 0.6) is 5.75 Å². The number of aromatic nitrogens is 2. The standard InChI is InChI=1S/C11H7F3N2O4/c12-11(13,14)8-2-1-6(3-15-8)19-5-9-16-7(4-20-9)10(17)18/h1-4H,5H2,(H,17,18). The number of carboxylic acid groups (broad SMARTS) is 1. The Hall–Kier alpha value is -2.58. The molecule has 0 atom stereocenters. The van der Waals surface area contributed by atoms with Crippen molar-refractivity contribution >= 4 is 5.97 Å². The lowest BCUT2D eigenvalue weighted by Crippen LogP contribution is -2.07. The normalized spacial score (nSPS) is 11.3. The van der Waals surface area contributed by atoms with E-state index in [2.05, 4.69) is 9.97 Å². The molecule has 0 spiro atoms. The van der Waals surface area contributed by atoms with E-state index in [1.165, 1.54) is 0 Å². The molecule has 2 heterocycles. The number of rotatable bonds is 4. The highest BCUT2D eigenvalue weighted by molar-refractivity contribution is 5.84. The van der Waals surface area contributed by atoms with Crippen LogP contribution < -0.4 is 4.74 Å². The van der Waals surface area contributed by atoms with Crippen LogP contribution in [-0.4, -0.2) is 21.0 Å². The van der Waals surface area contributed by atoms with Gasteiger partial charge in [-0.3, -0.25) is 0 Å². The van der Waals surface area contributed by atoms with Gasteiger partial charge < -0.3 is 14.3 Å². The highest BCUT2D eigenvalue weighted by Crippen LogP contribution is 2.28. The molecule has 0 saturated heterocycles. The zero-order valence-electron chi connectivity index (χ0n) is 9.72. The SMILES string of the molecule is O=C(O)c1coc(COc2ccc(C(F)(F)F)nc2)n1. The minimum atomic E-state index is -4.52. The third-order valence-corrected chi connectivity index (χ3v) is 2.16. The molecule has 0 aliphatic heterocycles. The number of nitrogens with zero attached hydrogens (tertiary/aromatic N) is 2. The Labute approximate surface area is 109 Å². The predicted molar refractivity (Wildman–Crippen MR) is 57.0 cm³/mol. The first-order valence-corrected chi connectivity index (χ1v) is 5.20. The molecule has 0 bridgehead atoms. The molecule has 0 unspecified atom stereocenters. The van der Waals surface area contributed by atoms with E-state index in [1.54, 1.807) is 0 Å². The summed E-state index contributed by atoms with van der Waals surface area (Å²) in [5, 5.41) is 8.61. The second kappa shape index (κ2) is 5.19. The number of carboxylic acids is 1. The molecule has 9 heteroatoms. The smallest absolute Gasteiger partial charge is 0.433 e. The van der Waals surface area contributed by atoms with E-state index in [0.717, 1.165) is 24.6 Å². The van der Waals surface area contributed by atoms with Gasteiger partial charge in [0.2, 0.25) is 5.89 Å². The van der Waals surface area contributed by atoms with Crippen LogP contribution in [0.15, 0.2) is 29.0 Å². The van der Waals surface area contributed by atoms with E-state index in [0.29, 0.717) is 0 Å². The number of hydrogen-bond acceptors (Lipinski definition) is 5. The third-order valence-electron chi connectivity index (χ3n) is 2.16. The zero-order valence-corrected chi connectivity index (χ0v) is 9.72. The molecule has 0 aromatic carbocycles. The van der Waals surface area contributed by atoms with Crippen LogP contribution in [0.1, 0.15) is 22.1 Å². The predicted octanol–water partition coefficient (Wildman–Crippen LogP) is 2.37. The molecule has 0 amide bonds. The molecule has 2 aromatic rings. The fourth-order valence-electron chi connectivity index (χ4n) is 1.25. The second-order valence-electron chi connectivity index (χ2n) is 3.60. The highest BCUT2D eigenvalue weighted by Gasteiger charge is 2.32. The van der Waals surface area contributed by atoms with E-state index in [1.807, 2.05) is 0 Å². The van der Waals surface area contributed by atoms with Crippen molar-refractivity contribution < 1.29 is 32.2 Å². The number of halogens is 3. The number of oxazole rings is 1. The summed E-state index contributed by atoms with van der Waals surface area (Å²) in [6, 6.07) is 1.87. The average Bonchev–Trinajstić information content (AvgIpc) is 2.85. The van der Waals surface area contributed by atoms with Crippen molar-refractivity contribution in [3.8, 4) is 5.75 Å². The molecule has 20 heavy (non-hydrogen) atoms. The zero-order chi connectivity index (χ0) is 14.8. The molecule has 0 radical (unpaired) electrons. The first-order valence-electron chi connectivity index (χ1n) is 5.20. The van der Waals surface area contributed by atoms with Gasteiger partial charge in [-0.2, -0.15) is 13.2 Å². The maximum absolute atomic E-state index is 12.3. The summed E-state index contributed by atoms with van der Waals surface area (Å²) in [6.45, 7) is -0.222. The number of aromatic carboxylic acids is 1. The van der Waals surface area contributed by atoms with Crippen molar-refractivity contribution in [3.05, 3.63) is 41.9 Å². The summed E-state index contributed by atoms with van der Waals surface area (Å²) in [7, 11) is 0. The Kier molecular flexibility index (Phi) is 3.59. The highest BCUT2D eigenvalue weighted by atomic mass is 19.4. The summed E-state index contributed by atoms with van der Waals surface area (Å²) in [5.74, 6) is -1.19. The van der Waals surface area contributed by atoms with Crippen molar-refractivity contribution in [1.82, 2.24) is 9.97 Å². The first kappa shape index (κ1) is 13.8. The molecule has 0 saturated carbocycles. The van der Waals surface area contributed by atoms with Gasteiger partial charge in [0.05, 0.1) is 6.20 Å². The Morgan fingerprint density at radius 3 is 2.65 bits per heavy atom. The number of alkyl halides is 3. The van der Waals surface area contributed by atoms with Crippen LogP contribution >= 0.6 is 0 Å². The van der Waals surface area contributed by atoms with Crippen LogP contribution in [0.4, 0.5) is 13.2 Å². The molecule has 2 aromatic heterocycles. The summed E-state index contributed by atoms with van der Waals surface area (Å²) in [4.78, 5) is 17.3. The van der Waals surface area contributed by atoms with Crippen LogP contribution in [0.25, 0.3) is 0 Å². The molecular formula is C11H7F3N2O4. The van der Waals surface area contributed by atoms with Crippen molar-refractivity contribution in [3.63, 3.8) is 0 Å². The van der Waals surface area contributed by atoms with Gasteiger partial charge in [-0.05, 0) is 12.1 Å². The van der Waals surface area contributed by atoms with E-state index in [9.17, 15) is 18.0 Å². The topological polar surface area (TPSA) is 85.5 Å². The van der Waals surface area contributed by atoms with E-state index < -0.39 is 17.8 Å². The van der Waals surface area contributed by atoms with E-state index in [4.69, 9.17) is 14.3 Å². The summed E-state index contributed by atoms with van der Waals surface area (Å²) >= 11 is 0. The molecule has 0 fully saturated rings. The Morgan fingerprint density at radius 1 is 1.40 bits per heavy atom. The maximum atomic E-state index is 12.3. The first-order chi connectivity index (χ1) is 9.36. The van der Waals surface area contributed by atoms with Crippen LogP contribution in [-0.2, 0) is 12.8 Å². The lowest BCUT2D eigenvalue weighted by atomic mass is 10.3. The molecule has 0 aliphatic rings. The van der Waals surface area contributed by atoms with Gasteiger partial charge in [0.1, 0.15) is 17.7 Å². The van der Waals surface area contributed by atoms with Crippen LogP contribution in [0.3, 0.4) is 0 Å². The summed E-state index contributed by atoms with van der Waals surface area (Å²) < 4.78 is 46.7. The monoisotopic (exact) mass is 288 g/mol. The van der Waals surface area contributed by atoms with Gasteiger partial charge in [0.25, 0.3) is 0 Å². The Bertz CT molecular complexity index is 607. The van der Waals surface area contributed by atoms with E-state index >= 15 is 0 Å². The quantitative estimate of drug-likeness (QED) is 0.929. The number of carbonyl (C=O) groups is 1. The fraction of sp³-hybridized carbons (Fsp3) is 0.182. The van der Waals surface area contributed by atoms with Gasteiger partial charge in [-0.1, -0.05) is 0 Å². The van der Waals surface area contributed by atoms with Crippen molar-refractivity contribution in [1.29, 1.82) is 0 Å². The fourth-order valence-corrected chi connectivity index (χ4v) is 1.25. The molecule has 1 N–H and O–H groups in total. The summed E-state index contributed by atoms with van der Waals surface area (Å²) in [5.41, 5.74) is -1.32. The Morgan fingerprint density at radius 2 is 2.15 bits per heavy atom. The largest absolute Gasteiger partial charge is 0.482 e. The number of pyridine rings is 1. The third kappa shape index (κ3) is 3.25. The van der Waals surface area contributed by atoms with Gasteiger partial charge in [0, 0.05) is 0 Å². The molecular weight excluding hydrogens is 281 g/mol. The lowest BCUT2D eigenvalue weighted by molar-refractivity contribution is -0.141. The second-order valence-corrected chi connectivity index (χ2v) is 3.60.